The average Bonchev–Trinajstić information content (AvgIpc) is 2.83. The van der Waals surface area contributed by atoms with Gasteiger partial charge in [-0.15, -0.1) is 0 Å². The Morgan fingerprint density at radius 1 is 1.54 bits per heavy atom. The molecule has 1 aliphatic rings. The van der Waals surface area contributed by atoms with Gasteiger partial charge in [0.05, 0.1) is 0 Å². The zero-order valence-corrected chi connectivity index (χ0v) is 8.62. The highest BCUT2D eigenvalue weighted by atomic mass is 16.2. The Morgan fingerprint density at radius 3 is 2.54 bits per heavy atom. The van der Waals surface area contributed by atoms with Crippen molar-refractivity contribution in [3.63, 3.8) is 0 Å². The summed E-state index contributed by atoms with van der Waals surface area (Å²) in [6, 6.07) is 0.319. The number of nitrogens with two attached hydrogens (primary N) is 1. The number of hydrogen-bond donors (Lipinski definition) is 1. The predicted molar refractivity (Wildman–Crippen MR) is 53.2 cm³/mol. The number of nitrogens with zero attached hydrogens (tertiary/aromatic N) is 1. The van der Waals surface area contributed by atoms with Gasteiger partial charge in [0.15, 0.2) is 0 Å². The topological polar surface area (TPSA) is 46.3 Å². The van der Waals surface area contributed by atoms with Gasteiger partial charge in [-0.2, -0.15) is 0 Å². The molecule has 3 heteroatoms. The van der Waals surface area contributed by atoms with Crippen molar-refractivity contribution in [3.8, 4) is 0 Å². The molecule has 0 aromatic carbocycles. The summed E-state index contributed by atoms with van der Waals surface area (Å²) in [5.41, 5.74) is 5.37. The van der Waals surface area contributed by atoms with E-state index in [-0.39, 0.29) is 5.91 Å². The number of carbonyl (C=O) groups is 1. The molecule has 1 aliphatic carbocycles. The van der Waals surface area contributed by atoms with Crippen molar-refractivity contribution in [2.24, 2.45) is 11.7 Å². The monoisotopic (exact) mass is 184 g/mol. The first-order chi connectivity index (χ1) is 6.15. The number of amides is 1. The summed E-state index contributed by atoms with van der Waals surface area (Å²) in [5, 5.41) is 0. The summed E-state index contributed by atoms with van der Waals surface area (Å²) in [4.78, 5) is 13.6. The van der Waals surface area contributed by atoms with Crippen LogP contribution in [0.25, 0.3) is 0 Å². The molecular weight excluding hydrogens is 164 g/mol. The minimum atomic E-state index is 0.212. The fraction of sp³-hybridized carbons (Fsp3) is 0.900. The molecule has 1 saturated carbocycles. The van der Waals surface area contributed by atoms with Crippen molar-refractivity contribution in [2.75, 3.05) is 13.1 Å². The molecule has 1 rings (SSSR count). The van der Waals surface area contributed by atoms with Crippen molar-refractivity contribution in [1.82, 2.24) is 4.90 Å². The maximum absolute atomic E-state index is 11.6. The van der Waals surface area contributed by atoms with E-state index in [0.717, 1.165) is 12.5 Å². The van der Waals surface area contributed by atoms with Crippen molar-refractivity contribution < 1.29 is 4.79 Å². The van der Waals surface area contributed by atoms with Gasteiger partial charge in [-0.3, -0.25) is 4.79 Å². The first-order valence-corrected chi connectivity index (χ1v) is 5.14. The molecule has 2 N–H and O–H groups in total. The van der Waals surface area contributed by atoms with Crippen LogP contribution in [0.3, 0.4) is 0 Å². The third-order valence-electron chi connectivity index (χ3n) is 2.45. The van der Waals surface area contributed by atoms with Crippen molar-refractivity contribution in [1.29, 1.82) is 0 Å². The van der Waals surface area contributed by atoms with Crippen molar-refractivity contribution in [3.05, 3.63) is 0 Å². The van der Waals surface area contributed by atoms with Crippen LogP contribution in [0.1, 0.15) is 33.1 Å². The van der Waals surface area contributed by atoms with E-state index in [0.29, 0.717) is 19.0 Å². The fourth-order valence-corrected chi connectivity index (χ4v) is 1.45. The smallest absolute Gasteiger partial charge is 0.224 e. The standard InChI is InChI=1S/C10H20N2O/c1-8(2)12(7-9-3-4-9)10(13)5-6-11/h8-9H,3-7,11H2,1-2H3. The van der Waals surface area contributed by atoms with Gasteiger partial charge >= 0.3 is 0 Å². The lowest BCUT2D eigenvalue weighted by molar-refractivity contribution is -0.132. The van der Waals surface area contributed by atoms with Crippen LogP contribution in [-0.2, 0) is 4.79 Å². The summed E-state index contributed by atoms with van der Waals surface area (Å²) in [6.07, 6.45) is 3.07. The van der Waals surface area contributed by atoms with Gasteiger partial charge in [0.1, 0.15) is 0 Å². The quantitative estimate of drug-likeness (QED) is 0.692. The van der Waals surface area contributed by atoms with E-state index >= 15 is 0 Å². The van der Waals surface area contributed by atoms with Crippen molar-refractivity contribution in [2.45, 2.75) is 39.2 Å². The molecule has 3 nitrogen and oxygen atoms in total. The summed E-state index contributed by atoms with van der Waals surface area (Å²) in [6.45, 7) is 5.54. The number of hydrogen-bond acceptors (Lipinski definition) is 2. The second-order valence-corrected chi connectivity index (χ2v) is 4.12. The first kappa shape index (κ1) is 10.5. The molecule has 0 radical (unpaired) electrons. The van der Waals surface area contributed by atoms with Crippen LogP contribution in [0.5, 0.6) is 0 Å². The van der Waals surface area contributed by atoms with E-state index in [1.807, 2.05) is 4.90 Å². The SMILES string of the molecule is CC(C)N(CC1CC1)C(=O)CCN. The van der Waals surface area contributed by atoms with Gasteiger partial charge in [0.25, 0.3) is 0 Å². The Kier molecular flexibility index (Phi) is 3.72. The molecule has 0 bridgehead atoms. The van der Waals surface area contributed by atoms with E-state index in [1.54, 1.807) is 0 Å². The van der Waals surface area contributed by atoms with Crippen LogP contribution in [0.15, 0.2) is 0 Å². The maximum atomic E-state index is 11.6. The van der Waals surface area contributed by atoms with Crippen LogP contribution < -0.4 is 5.73 Å². The molecule has 0 spiro atoms. The molecule has 0 aromatic rings. The highest BCUT2D eigenvalue weighted by Gasteiger charge is 2.27. The first-order valence-electron chi connectivity index (χ1n) is 5.14. The van der Waals surface area contributed by atoms with Crippen LogP contribution in [0.4, 0.5) is 0 Å². The van der Waals surface area contributed by atoms with E-state index in [9.17, 15) is 4.79 Å². The lowest BCUT2D eigenvalue weighted by Crippen LogP contribution is -2.39. The largest absolute Gasteiger partial charge is 0.340 e. The maximum Gasteiger partial charge on any atom is 0.224 e. The average molecular weight is 184 g/mol. The van der Waals surface area contributed by atoms with E-state index < -0.39 is 0 Å². The lowest BCUT2D eigenvalue weighted by atomic mass is 10.2. The molecule has 0 aliphatic heterocycles. The summed E-state index contributed by atoms with van der Waals surface area (Å²) < 4.78 is 0. The van der Waals surface area contributed by atoms with Gasteiger partial charge in [-0.1, -0.05) is 0 Å². The predicted octanol–water partition coefficient (Wildman–Crippen LogP) is 0.982. The fourth-order valence-electron chi connectivity index (χ4n) is 1.45. The molecule has 1 fully saturated rings. The van der Waals surface area contributed by atoms with Crippen LogP contribution in [0, 0.1) is 5.92 Å². The Hall–Kier alpha value is -0.570. The van der Waals surface area contributed by atoms with Crippen molar-refractivity contribution >= 4 is 5.91 Å². The van der Waals surface area contributed by atoms with Gasteiger partial charge in [0, 0.05) is 25.6 Å². The molecule has 1 amide bonds. The lowest BCUT2D eigenvalue weighted by Gasteiger charge is -2.26. The summed E-state index contributed by atoms with van der Waals surface area (Å²) >= 11 is 0. The molecule has 0 atom stereocenters. The second-order valence-electron chi connectivity index (χ2n) is 4.12. The Labute approximate surface area is 80.3 Å². The van der Waals surface area contributed by atoms with Gasteiger partial charge in [-0.05, 0) is 32.6 Å². The Morgan fingerprint density at radius 2 is 2.15 bits per heavy atom. The summed E-state index contributed by atoms with van der Waals surface area (Å²) in [5.74, 6) is 0.980. The highest BCUT2D eigenvalue weighted by molar-refractivity contribution is 5.76. The molecule has 0 heterocycles. The van der Waals surface area contributed by atoms with Gasteiger partial charge in [0.2, 0.25) is 5.91 Å². The molecule has 13 heavy (non-hydrogen) atoms. The normalized spacial score (nSPS) is 16.3. The third-order valence-corrected chi connectivity index (χ3v) is 2.45. The minimum absolute atomic E-state index is 0.212. The number of carbonyl (C=O) groups excluding carboxylic acids is 1. The van der Waals surface area contributed by atoms with E-state index in [1.165, 1.54) is 12.8 Å². The highest BCUT2D eigenvalue weighted by Crippen LogP contribution is 2.30. The third kappa shape index (κ3) is 3.35. The minimum Gasteiger partial charge on any atom is -0.340 e. The molecule has 0 saturated heterocycles. The second kappa shape index (κ2) is 4.61. The van der Waals surface area contributed by atoms with Crippen LogP contribution >= 0.6 is 0 Å². The Balaban J connectivity index is 2.39. The molecule has 0 aromatic heterocycles. The summed E-state index contributed by atoms with van der Waals surface area (Å²) in [7, 11) is 0. The van der Waals surface area contributed by atoms with Crippen LogP contribution in [0.2, 0.25) is 0 Å². The molecule has 0 unspecified atom stereocenters. The van der Waals surface area contributed by atoms with Gasteiger partial charge in [-0.25, -0.2) is 0 Å². The van der Waals surface area contributed by atoms with E-state index in [2.05, 4.69) is 13.8 Å². The molecule has 76 valence electrons. The molecular formula is C10H20N2O. The van der Waals surface area contributed by atoms with Crippen LogP contribution in [-0.4, -0.2) is 29.9 Å². The zero-order valence-electron chi connectivity index (χ0n) is 8.62. The Bertz CT molecular complexity index is 176. The van der Waals surface area contributed by atoms with E-state index in [4.69, 9.17) is 5.73 Å². The zero-order chi connectivity index (χ0) is 9.84. The number of rotatable bonds is 5. The van der Waals surface area contributed by atoms with Gasteiger partial charge < -0.3 is 10.6 Å².